The largest absolute Gasteiger partial charge is 0.405 e. The van der Waals surface area contributed by atoms with E-state index >= 15 is 0 Å². The number of hydrogen-bond acceptors (Lipinski definition) is 4. The zero-order valence-electron chi connectivity index (χ0n) is 15.0. The maximum atomic E-state index is 13.7. The molecule has 0 bridgehead atoms. The van der Waals surface area contributed by atoms with Crippen LogP contribution in [0, 0.1) is 17.5 Å². The quantitative estimate of drug-likeness (QED) is 0.261. The zero-order chi connectivity index (χ0) is 21.8. The van der Waals surface area contributed by atoms with E-state index in [9.17, 15) is 31.1 Å². The molecule has 0 spiro atoms. The number of nitrogens with zero attached hydrogens (tertiary/aromatic N) is 4. The molecule has 0 aromatic heterocycles. The lowest BCUT2D eigenvalue weighted by molar-refractivity contribution is -0.140. The van der Waals surface area contributed by atoms with Crippen LogP contribution in [-0.4, -0.2) is 60.6 Å². The Hall–Kier alpha value is -3.05. The minimum atomic E-state index is -4.47. The topological polar surface area (TPSA) is 74.3 Å². The molecule has 0 unspecified atom stereocenters. The van der Waals surface area contributed by atoms with Gasteiger partial charge in [-0.15, -0.1) is 5.10 Å². The number of hydrogen-bond donors (Lipinski definition) is 1. The van der Waals surface area contributed by atoms with E-state index in [1.807, 2.05) is 0 Å². The molecule has 12 heteroatoms. The molecule has 29 heavy (non-hydrogen) atoms. The van der Waals surface area contributed by atoms with Gasteiger partial charge in [-0.3, -0.25) is 4.79 Å². The highest BCUT2D eigenvalue weighted by molar-refractivity contribution is 5.94. The summed E-state index contributed by atoms with van der Waals surface area (Å²) in [6, 6.07) is 0.997. The van der Waals surface area contributed by atoms with Gasteiger partial charge < -0.3 is 15.5 Å². The highest BCUT2D eigenvalue weighted by atomic mass is 19.4. The van der Waals surface area contributed by atoms with Crippen LogP contribution in [-0.2, 0) is 11.2 Å². The Morgan fingerprint density at radius 2 is 1.83 bits per heavy atom. The summed E-state index contributed by atoms with van der Waals surface area (Å²) in [6.45, 7) is 1.38. The number of alkyl halides is 3. The molecule has 0 aliphatic carbocycles. The molecule has 1 aromatic rings. The summed E-state index contributed by atoms with van der Waals surface area (Å²) in [5.74, 6) is -4.41. The van der Waals surface area contributed by atoms with E-state index in [0.29, 0.717) is 12.1 Å². The second-order valence-corrected chi connectivity index (χ2v) is 6.21. The van der Waals surface area contributed by atoms with E-state index in [4.69, 9.17) is 5.73 Å². The number of piperazine rings is 1. The fourth-order valence-corrected chi connectivity index (χ4v) is 2.69. The Bertz CT molecular complexity index is 851. The second-order valence-electron chi connectivity index (χ2n) is 6.21. The van der Waals surface area contributed by atoms with Crippen LogP contribution in [0.3, 0.4) is 0 Å². The molecule has 1 heterocycles. The summed E-state index contributed by atoms with van der Waals surface area (Å²) < 4.78 is 77.8. The summed E-state index contributed by atoms with van der Waals surface area (Å²) in [7, 11) is 0. The number of allylic oxidation sites excluding steroid dienone is 1. The van der Waals surface area contributed by atoms with Crippen molar-refractivity contribution in [2.24, 2.45) is 15.9 Å². The van der Waals surface area contributed by atoms with Crippen LogP contribution < -0.4 is 5.73 Å². The van der Waals surface area contributed by atoms with Crippen molar-refractivity contribution in [3.05, 3.63) is 46.9 Å². The molecule has 1 aliphatic heterocycles. The number of carbonyl (C=O) groups is 1. The van der Waals surface area contributed by atoms with Crippen LogP contribution in [0.25, 0.3) is 0 Å². The average molecular weight is 421 g/mol. The first-order valence-electron chi connectivity index (χ1n) is 8.22. The van der Waals surface area contributed by atoms with Gasteiger partial charge in [0.15, 0.2) is 11.6 Å². The lowest BCUT2D eigenvalue weighted by Crippen LogP contribution is -2.54. The summed E-state index contributed by atoms with van der Waals surface area (Å²) in [5, 5.41) is 6.76. The number of benzene rings is 1. The molecular formula is C17H17F6N5O. The molecule has 6 nitrogen and oxygen atoms in total. The van der Waals surface area contributed by atoms with Gasteiger partial charge in [-0.2, -0.15) is 18.3 Å². The van der Waals surface area contributed by atoms with Crippen LogP contribution in [0.4, 0.5) is 26.3 Å². The third-order valence-corrected chi connectivity index (χ3v) is 4.00. The number of carbonyl (C=O) groups excluding carboxylic acids is 1. The maximum absolute atomic E-state index is 13.7. The second kappa shape index (κ2) is 8.97. The van der Waals surface area contributed by atoms with E-state index in [0.717, 1.165) is 11.0 Å². The molecule has 0 atom stereocenters. The normalized spacial score (nSPS) is 17.0. The van der Waals surface area contributed by atoms with Crippen molar-refractivity contribution >= 4 is 18.5 Å². The molecule has 2 rings (SSSR count). The standard InChI is InChI=1S/C17H17F6N5O/c1-25-26-15-8-27(2-3-28(15)9-17(21,22)23)16(29)6-11(24)4-10-5-13(19)14(20)7-12(10)18/h5-7H,1-4,8-9,24H2/b11-6-,26-15-. The molecule has 0 saturated carbocycles. The third-order valence-electron chi connectivity index (χ3n) is 4.00. The average Bonchev–Trinajstić information content (AvgIpc) is 2.60. The third kappa shape index (κ3) is 6.22. The van der Waals surface area contributed by atoms with Crippen LogP contribution in [0.1, 0.15) is 5.56 Å². The number of halogens is 6. The first kappa shape index (κ1) is 22.2. The van der Waals surface area contributed by atoms with Gasteiger partial charge in [-0.05, 0) is 11.6 Å². The van der Waals surface area contributed by atoms with Crippen LogP contribution in [0.2, 0.25) is 0 Å². The minimum absolute atomic E-state index is 0.0472. The van der Waals surface area contributed by atoms with Gasteiger partial charge in [-0.25, -0.2) is 13.2 Å². The number of amides is 1. The predicted molar refractivity (Wildman–Crippen MR) is 93.5 cm³/mol. The highest BCUT2D eigenvalue weighted by Crippen LogP contribution is 2.19. The van der Waals surface area contributed by atoms with Crippen LogP contribution >= 0.6 is 0 Å². The Morgan fingerprint density at radius 1 is 1.17 bits per heavy atom. The lowest BCUT2D eigenvalue weighted by Gasteiger charge is -2.36. The van der Waals surface area contributed by atoms with Crippen molar-refractivity contribution in [3.8, 4) is 0 Å². The highest BCUT2D eigenvalue weighted by Gasteiger charge is 2.35. The van der Waals surface area contributed by atoms with Gasteiger partial charge in [0.2, 0.25) is 5.91 Å². The molecule has 1 aliphatic rings. The molecule has 2 N–H and O–H groups in total. The number of rotatable bonds is 5. The first-order chi connectivity index (χ1) is 13.5. The summed E-state index contributed by atoms with van der Waals surface area (Å²) in [4.78, 5) is 14.5. The Balaban J connectivity index is 2.09. The molecule has 0 radical (unpaired) electrons. The van der Waals surface area contributed by atoms with Gasteiger partial charge in [-0.1, -0.05) is 0 Å². The zero-order valence-corrected chi connectivity index (χ0v) is 15.0. The lowest BCUT2D eigenvalue weighted by atomic mass is 10.1. The molecule has 158 valence electrons. The van der Waals surface area contributed by atoms with Gasteiger partial charge in [0, 0.05) is 44.1 Å². The van der Waals surface area contributed by atoms with Crippen molar-refractivity contribution < 1.29 is 31.1 Å². The fraction of sp³-hybridized carbons (Fsp3) is 0.353. The van der Waals surface area contributed by atoms with Crippen molar-refractivity contribution in [3.63, 3.8) is 0 Å². The number of amidine groups is 1. The summed E-state index contributed by atoms with van der Waals surface area (Å²) in [6.07, 6.45) is -3.88. The van der Waals surface area contributed by atoms with Crippen LogP contribution in [0.5, 0.6) is 0 Å². The van der Waals surface area contributed by atoms with E-state index in [2.05, 4.69) is 16.9 Å². The number of nitrogens with two attached hydrogens (primary N) is 1. The van der Waals surface area contributed by atoms with Crippen molar-refractivity contribution in [1.82, 2.24) is 9.80 Å². The molecular weight excluding hydrogens is 404 g/mol. The molecule has 1 saturated heterocycles. The van der Waals surface area contributed by atoms with Crippen LogP contribution in [0.15, 0.2) is 34.1 Å². The van der Waals surface area contributed by atoms with E-state index in [1.54, 1.807) is 0 Å². The molecule has 1 fully saturated rings. The summed E-state index contributed by atoms with van der Waals surface area (Å²) in [5.41, 5.74) is 5.29. The first-order valence-corrected chi connectivity index (χ1v) is 8.22. The predicted octanol–water partition coefficient (Wildman–Crippen LogP) is 2.21. The SMILES string of the molecule is C=N/N=C1/CN(C(=O)/C=C(\N)Cc2cc(F)c(F)cc2F)CCN1CC(F)(F)F. The van der Waals surface area contributed by atoms with Gasteiger partial charge in [0.1, 0.15) is 18.2 Å². The smallest absolute Gasteiger partial charge is 0.402 e. The van der Waals surface area contributed by atoms with Crippen molar-refractivity contribution in [2.75, 3.05) is 26.2 Å². The van der Waals surface area contributed by atoms with Gasteiger partial charge >= 0.3 is 6.18 Å². The van der Waals surface area contributed by atoms with E-state index < -0.39 is 36.1 Å². The fourth-order valence-electron chi connectivity index (χ4n) is 2.69. The molecule has 1 amide bonds. The van der Waals surface area contributed by atoms with Crippen molar-refractivity contribution in [1.29, 1.82) is 0 Å². The van der Waals surface area contributed by atoms with E-state index in [1.165, 1.54) is 4.90 Å². The monoisotopic (exact) mass is 421 g/mol. The van der Waals surface area contributed by atoms with Gasteiger partial charge in [0.25, 0.3) is 0 Å². The minimum Gasteiger partial charge on any atom is -0.402 e. The van der Waals surface area contributed by atoms with E-state index in [-0.39, 0.29) is 43.2 Å². The maximum Gasteiger partial charge on any atom is 0.405 e. The summed E-state index contributed by atoms with van der Waals surface area (Å²) >= 11 is 0. The Kier molecular flexibility index (Phi) is 6.88. The Labute approximate surface area is 162 Å². The van der Waals surface area contributed by atoms with Crippen molar-refractivity contribution in [2.45, 2.75) is 12.6 Å². The Morgan fingerprint density at radius 3 is 2.45 bits per heavy atom. The molecule has 1 aromatic carbocycles. The van der Waals surface area contributed by atoms with Gasteiger partial charge in [0.05, 0.1) is 6.54 Å².